The molecule has 0 bridgehead atoms. The molecule has 0 aromatic rings. The van der Waals surface area contributed by atoms with Crippen molar-refractivity contribution in [3.63, 3.8) is 0 Å². The molecule has 0 aromatic heterocycles. The second kappa shape index (κ2) is 5.16. The molecule has 0 fully saturated rings. The van der Waals surface area contributed by atoms with E-state index in [-0.39, 0.29) is 15.4 Å². The fourth-order valence-electron chi connectivity index (χ4n) is 0.575. The molecule has 0 radical (unpaired) electrons. The molecular weight excluding hydrogens is 164 g/mol. The molecular formula is C7H17ClOSi. The van der Waals surface area contributed by atoms with Crippen molar-refractivity contribution in [2.45, 2.75) is 38.8 Å². The minimum absolute atomic E-state index is 0.0680. The van der Waals surface area contributed by atoms with Gasteiger partial charge in [-0.15, -0.1) is 11.6 Å². The minimum atomic E-state index is -0.288. The van der Waals surface area contributed by atoms with Crippen LogP contribution < -0.4 is 0 Å². The molecule has 0 amide bonds. The zero-order valence-corrected chi connectivity index (χ0v) is 9.28. The van der Waals surface area contributed by atoms with Gasteiger partial charge in [0.1, 0.15) is 0 Å². The van der Waals surface area contributed by atoms with Gasteiger partial charge in [-0.25, -0.2) is 0 Å². The molecule has 0 saturated heterocycles. The predicted molar refractivity (Wildman–Crippen MR) is 49.5 cm³/mol. The second-order valence-corrected chi connectivity index (χ2v) is 5.14. The first-order valence-corrected chi connectivity index (χ1v) is 5.87. The first kappa shape index (κ1) is 10.5. The SMILES string of the molecule is CC(C)(C)O[SiH2]CCCCl. The van der Waals surface area contributed by atoms with E-state index in [0.717, 1.165) is 12.3 Å². The van der Waals surface area contributed by atoms with Crippen LogP contribution in [0, 0.1) is 0 Å². The lowest BCUT2D eigenvalue weighted by atomic mass is 10.2. The summed E-state index contributed by atoms with van der Waals surface area (Å²) < 4.78 is 5.61. The minimum Gasteiger partial charge on any atom is -0.419 e. The van der Waals surface area contributed by atoms with Gasteiger partial charge in [-0.3, -0.25) is 0 Å². The summed E-state index contributed by atoms with van der Waals surface area (Å²) in [7, 11) is -0.288. The van der Waals surface area contributed by atoms with Crippen LogP contribution in [0.4, 0.5) is 0 Å². The third-order valence-corrected chi connectivity index (χ3v) is 3.19. The fraction of sp³-hybridized carbons (Fsp3) is 1.00. The lowest BCUT2D eigenvalue weighted by Crippen LogP contribution is -2.21. The Morgan fingerprint density at radius 1 is 1.40 bits per heavy atom. The summed E-state index contributed by atoms with van der Waals surface area (Å²) in [6.07, 6.45) is 1.11. The van der Waals surface area contributed by atoms with E-state index in [1.807, 2.05) is 0 Å². The zero-order chi connectivity index (χ0) is 8.04. The summed E-state index contributed by atoms with van der Waals surface area (Å²) in [5.74, 6) is 0.778. The van der Waals surface area contributed by atoms with Gasteiger partial charge in [0.05, 0.1) is 0 Å². The molecule has 0 aliphatic rings. The van der Waals surface area contributed by atoms with E-state index in [4.69, 9.17) is 16.0 Å². The van der Waals surface area contributed by atoms with Gasteiger partial charge in [-0.2, -0.15) is 0 Å². The summed E-state index contributed by atoms with van der Waals surface area (Å²) in [5.41, 5.74) is 0.0680. The van der Waals surface area contributed by atoms with Gasteiger partial charge in [0.2, 0.25) is 0 Å². The Labute approximate surface area is 71.0 Å². The lowest BCUT2D eigenvalue weighted by molar-refractivity contribution is 0.138. The van der Waals surface area contributed by atoms with Crippen molar-refractivity contribution < 1.29 is 4.43 Å². The number of rotatable bonds is 4. The predicted octanol–water partition coefficient (Wildman–Crippen LogP) is 1.93. The molecule has 0 aliphatic heterocycles. The average Bonchev–Trinajstić information content (AvgIpc) is 1.78. The molecule has 0 heterocycles. The summed E-state index contributed by atoms with van der Waals surface area (Å²) in [5, 5.41) is 0. The van der Waals surface area contributed by atoms with Gasteiger partial charge in [0, 0.05) is 11.5 Å². The van der Waals surface area contributed by atoms with Crippen LogP contribution in [0.3, 0.4) is 0 Å². The maximum Gasteiger partial charge on any atom is 0.162 e. The monoisotopic (exact) mass is 180 g/mol. The first-order chi connectivity index (χ1) is 4.56. The van der Waals surface area contributed by atoms with Crippen LogP contribution in [0.15, 0.2) is 0 Å². The van der Waals surface area contributed by atoms with Gasteiger partial charge >= 0.3 is 0 Å². The van der Waals surface area contributed by atoms with Gasteiger partial charge in [0.15, 0.2) is 9.76 Å². The lowest BCUT2D eigenvalue weighted by Gasteiger charge is -2.19. The van der Waals surface area contributed by atoms with Gasteiger partial charge in [-0.05, 0) is 33.2 Å². The molecule has 0 aromatic carbocycles. The maximum absolute atomic E-state index is 5.61. The van der Waals surface area contributed by atoms with Crippen molar-refractivity contribution in [2.24, 2.45) is 0 Å². The van der Waals surface area contributed by atoms with Crippen LogP contribution in [-0.4, -0.2) is 21.2 Å². The molecule has 0 unspecified atom stereocenters. The van der Waals surface area contributed by atoms with E-state index in [1.165, 1.54) is 6.04 Å². The van der Waals surface area contributed by atoms with E-state index in [1.54, 1.807) is 0 Å². The molecule has 3 heteroatoms. The Kier molecular flexibility index (Phi) is 5.40. The van der Waals surface area contributed by atoms with E-state index >= 15 is 0 Å². The van der Waals surface area contributed by atoms with E-state index in [9.17, 15) is 0 Å². The molecule has 10 heavy (non-hydrogen) atoms. The Balaban J connectivity index is 3.04. The van der Waals surface area contributed by atoms with Crippen molar-refractivity contribution in [3.8, 4) is 0 Å². The third kappa shape index (κ3) is 8.47. The molecule has 0 saturated carbocycles. The summed E-state index contributed by atoms with van der Waals surface area (Å²) in [6, 6.07) is 1.21. The highest BCUT2D eigenvalue weighted by atomic mass is 35.5. The summed E-state index contributed by atoms with van der Waals surface area (Å²) in [6.45, 7) is 6.29. The molecule has 0 aliphatic carbocycles. The van der Waals surface area contributed by atoms with Crippen LogP contribution in [0.25, 0.3) is 0 Å². The van der Waals surface area contributed by atoms with Crippen molar-refractivity contribution >= 4 is 21.4 Å². The Bertz CT molecular complexity index is 80.2. The molecule has 0 N–H and O–H groups in total. The van der Waals surface area contributed by atoms with Crippen molar-refractivity contribution in [1.82, 2.24) is 0 Å². The van der Waals surface area contributed by atoms with Crippen LogP contribution in [0.5, 0.6) is 0 Å². The van der Waals surface area contributed by atoms with Crippen LogP contribution in [0.1, 0.15) is 27.2 Å². The molecule has 1 nitrogen and oxygen atoms in total. The summed E-state index contributed by atoms with van der Waals surface area (Å²) >= 11 is 5.52. The molecule has 0 rings (SSSR count). The molecule has 62 valence electrons. The summed E-state index contributed by atoms with van der Waals surface area (Å²) in [4.78, 5) is 0. The third-order valence-electron chi connectivity index (χ3n) is 1.06. The highest BCUT2D eigenvalue weighted by Crippen LogP contribution is 2.06. The number of halogens is 1. The highest BCUT2D eigenvalue weighted by Gasteiger charge is 2.08. The first-order valence-electron chi connectivity index (χ1n) is 3.76. The normalized spacial score (nSPS) is 13.2. The maximum atomic E-state index is 5.61. The highest BCUT2D eigenvalue weighted by molar-refractivity contribution is 6.27. The molecule has 0 spiro atoms. The van der Waals surface area contributed by atoms with Crippen molar-refractivity contribution in [2.75, 3.05) is 5.88 Å². The second-order valence-electron chi connectivity index (χ2n) is 3.36. The van der Waals surface area contributed by atoms with E-state index in [2.05, 4.69) is 20.8 Å². The quantitative estimate of drug-likeness (QED) is 0.365. The van der Waals surface area contributed by atoms with Gasteiger partial charge in [0.25, 0.3) is 0 Å². The molecule has 0 atom stereocenters. The van der Waals surface area contributed by atoms with Crippen molar-refractivity contribution in [1.29, 1.82) is 0 Å². The standard InChI is InChI=1S/C7H17ClOSi/c1-7(2,3)9-10-6-4-5-8/h4-6,10H2,1-3H3. The van der Waals surface area contributed by atoms with Crippen LogP contribution in [0.2, 0.25) is 6.04 Å². The largest absolute Gasteiger partial charge is 0.419 e. The topological polar surface area (TPSA) is 9.23 Å². The van der Waals surface area contributed by atoms with Crippen LogP contribution >= 0.6 is 11.6 Å². The smallest absolute Gasteiger partial charge is 0.162 e. The van der Waals surface area contributed by atoms with Gasteiger partial charge < -0.3 is 4.43 Å². The number of alkyl halides is 1. The Hall–Kier alpha value is 0.467. The van der Waals surface area contributed by atoms with Crippen molar-refractivity contribution in [3.05, 3.63) is 0 Å². The number of hydrogen-bond acceptors (Lipinski definition) is 1. The van der Waals surface area contributed by atoms with E-state index in [0.29, 0.717) is 0 Å². The Morgan fingerprint density at radius 2 is 2.00 bits per heavy atom. The van der Waals surface area contributed by atoms with Crippen LogP contribution in [-0.2, 0) is 4.43 Å². The average molecular weight is 181 g/mol. The Morgan fingerprint density at radius 3 is 2.40 bits per heavy atom. The van der Waals surface area contributed by atoms with Gasteiger partial charge in [-0.1, -0.05) is 0 Å². The zero-order valence-electron chi connectivity index (χ0n) is 7.11. The fourth-order valence-corrected chi connectivity index (χ4v) is 2.29. The number of hydrogen-bond donors (Lipinski definition) is 0. The van der Waals surface area contributed by atoms with E-state index < -0.39 is 0 Å².